The Bertz CT molecular complexity index is 598. The summed E-state index contributed by atoms with van der Waals surface area (Å²) in [4.78, 5) is 10.3. The third kappa shape index (κ3) is 2.10. The predicted molar refractivity (Wildman–Crippen MR) is 64.7 cm³/mol. The van der Waals surface area contributed by atoms with Crippen LogP contribution in [-0.4, -0.2) is 15.0 Å². The Morgan fingerprint density at radius 2 is 2.12 bits per heavy atom. The van der Waals surface area contributed by atoms with Crippen molar-refractivity contribution in [3.63, 3.8) is 0 Å². The first-order valence-electron chi connectivity index (χ1n) is 4.26. The molecule has 0 saturated heterocycles. The van der Waals surface area contributed by atoms with Crippen LogP contribution in [0.1, 0.15) is 0 Å². The van der Waals surface area contributed by atoms with E-state index in [0.717, 1.165) is 0 Å². The standard InChI is InChI=1S/C9H6BrFN4S/c10-5-3-1-2-4(6(5)11)7-13-8(12)15-9(16)14-7/h1-3H,(H3,12,13,14,15,16). The third-order valence-corrected chi connectivity index (χ3v) is 2.67. The van der Waals surface area contributed by atoms with Crippen LogP contribution in [0.2, 0.25) is 0 Å². The second kappa shape index (κ2) is 4.26. The molecule has 0 atom stereocenters. The number of anilines is 1. The van der Waals surface area contributed by atoms with E-state index in [1.54, 1.807) is 18.2 Å². The van der Waals surface area contributed by atoms with Crippen LogP contribution >= 0.6 is 28.1 Å². The van der Waals surface area contributed by atoms with Crippen molar-refractivity contribution >= 4 is 34.1 Å². The molecule has 7 heteroatoms. The number of hydrogen-bond acceptors (Lipinski definition) is 4. The number of nitrogens with two attached hydrogens (primary N) is 1. The summed E-state index contributed by atoms with van der Waals surface area (Å²) in [5.41, 5.74) is 5.76. The van der Waals surface area contributed by atoms with Crippen molar-refractivity contribution in [3.05, 3.63) is 33.3 Å². The number of benzene rings is 1. The third-order valence-electron chi connectivity index (χ3n) is 1.88. The van der Waals surface area contributed by atoms with Crippen LogP contribution < -0.4 is 5.73 Å². The highest BCUT2D eigenvalue weighted by molar-refractivity contribution is 9.10. The van der Waals surface area contributed by atoms with Gasteiger partial charge in [0.15, 0.2) is 0 Å². The molecule has 4 nitrogen and oxygen atoms in total. The van der Waals surface area contributed by atoms with E-state index in [1.807, 2.05) is 0 Å². The van der Waals surface area contributed by atoms with Crippen LogP contribution in [0.15, 0.2) is 22.7 Å². The Morgan fingerprint density at radius 3 is 2.81 bits per heavy atom. The summed E-state index contributed by atoms with van der Waals surface area (Å²) >= 11 is 7.90. The summed E-state index contributed by atoms with van der Waals surface area (Å²) in [5.74, 6) is -0.0584. The van der Waals surface area contributed by atoms with Gasteiger partial charge in [-0.3, -0.25) is 0 Å². The molecule has 0 radical (unpaired) electrons. The Hall–Kier alpha value is -1.34. The van der Waals surface area contributed by atoms with Gasteiger partial charge in [-0.05, 0) is 40.3 Å². The highest BCUT2D eigenvalue weighted by atomic mass is 79.9. The van der Waals surface area contributed by atoms with E-state index in [1.165, 1.54) is 0 Å². The summed E-state index contributed by atoms with van der Waals surface area (Å²) in [6.07, 6.45) is 0. The Labute approximate surface area is 104 Å². The van der Waals surface area contributed by atoms with Crippen LogP contribution in [0, 0.1) is 10.6 Å². The predicted octanol–water partition coefficient (Wildman–Crippen LogP) is 2.68. The van der Waals surface area contributed by atoms with Crippen LogP contribution in [0.25, 0.3) is 11.4 Å². The van der Waals surface area contributed by atoms with Crippen molar-refractivity contribution in [2.45, 2.75) is 0 Å². The van der Waals surface area contributed by atoms with Crippen molar-refractivity contribution in [2.75, 3.05) is 5.73 Å². The van der Waals surface area contributed by atoms with E-state index in [9.17, 15) is 4.39 Å². The number of aromatic amines is 1. The average Bonchev–Trinajstić information content (AvgIpc) is 2.20. The van der Waals surface area contributed by atoms with Crippen LogP contribution in [0.4, 0.5) is 10.3 Å². The largest absolute Gasteiger partial charge is 0.369 e. The molecule has 0 bridgehead atoms. The maximum atomic E-state index is 13.7. The van der Waals surface area contributed by atoms with Gasteiger partial charge < -0.3 is 10.7 Å². The molecule has 0 aliphatic rings. The van der Waals surface area contributed by atoms with Gasteiger partial charge in [-0.1, -0.05) is 6.07 Å². The number of aromatic nitrogens is 3. The molecule has 0 fully saturated rings. The lowest BCUT2D eigenvalue weighted by Crippen LogP contribution is -2.01. The zero-order valence-electron chi connectivity index (χ0n) is 7.87. The topological polar surface area (TPSA) is 67.6 Å². The molecule has 0 saturated carbocycles. The van der Waals surface area contributed by atoms with E-state index in [2.05, 4.69) is 30.9 Å². The molecule has 0 aliphatic carbocycles. The normalized spacial score (nSPS) is 10.4. The maximum absolute atomic E-state index is 13.7. The van der Waals surface area contributed by atoms with Gasteiger partial charge in [0.05, 0.1) is 10.0 Å². The SMILES string of the molecule is Nc1nc(=S)nc(-c2cccc(Br)c2F)[nH]1. The van der Waals surface area contributed by atoms with Gasteiger partial charge in [0.2, 0.25) is 10.7 Å². The monoisotopic (exact) mass is 300 g/mol. The molecule has 1 aromatic carbocycles. The van der Waals surface area contributed by atoms with E-state index >= 15 is 0 Å². The average molecular weight is 301 g/mol. The van der Waals surface area contributed by atoms with Gasteiger partial charge in [0.1, 0.15) is 11.6 Å². The molecular weight excluding hydrogens is 295 g/mol. The minimum Gasteiger partial charge on any atom is -0.369 e. The molecule has 0 spiro atoms. The first kappa shape index (κ1) is 11.2. The second-order valence-electron chi connectivity index (χ2n) is 2.97. The van der Waals surface area contributed by atoms with Crippen LogP contribution in [0.5, 0.6) is 0 Å². The number of nitrogens with zero attached hydrogens (tertiary/aromatic N) is 2. The smallest absolute Gasteiger partial charge is 0.224 e. The van der Waals surface area contributed by atoms with Crippen LogP contribution in [0.3, 0.4) is 0 Å². The lowest BCUT2D eigenvalue weighted by atomic mass is 10.2. The fourth-order valence-electron chi connectivity index (χ4n) is 1.22. The minimum absolute atomic E-state index is 0.0747. The molecule has 1 aromatic heterocycles. The number of nitrogen functional groups attached to an aromatic ring is 1. The van der Waals surface area contributed by atoms with Crippen molar-refractivity contribution in [3.8, 4) is 11.4 Å². The van der Waals surface area contributed by atoms with Gasteiger partial charge in [0.25, 0.3) is 0 Å². The molecule has 0 amide bonds. The first-order chi connectivity index (χ1) is 7.58. The summed E-state index contributed by atoms with van der Waals surface area (Å²) < 4.78 is 14.2. The first-order valence-corrected chi connectivity index (χ1v) is 5.46. The quantitative estimate of drug-likeness (QED) is 0.795. The van der Waals surface area contributed by atoms with E-state index in [4.69, 9.17) is 18.0 Å². The van der Waals surface area contributed by atoms with E-state index < -0.39 is 5.82 Å². The Balaban J connectivity index is 2.67. The van der Waals surface area contributed by atoms with E-state index in [0.29, 0.717) is 4.47 Å². The maximum Gasteiger partial charge on any atom is 0.224 e. The fourth-order valence-corrected chi connectivity index (χ4v) is 1.77. The molecule has 0 unspecified atom stereocenters. The zero-order chi connectivity index (χ0) is 11.7. The number of rotatable bonds is 1. The van der Waals surface area contributed by atoms with Gasteiger partial charge in [-0.2, -0.15) is 4.98 Å². The van der Waals surface area contributed by atoms with Crippen molar-refractivity contribution in [1.29, 1.82) is 0 Å². The number of nitrogens with one attached hydrogen (secondary N) is 1. The molecule has 1 heterocycles. The molecule has 0 aliphatic heterocycles. The molecule has 82 valence electrons. The second-order valence-corrected chi connectivity index (χ2v) is 4.19. The minimum atomic E-state index is -0.425. The molecule has 2 aromatic rings. The van der Waals surface area contributed by atoms with Gasteiger partial charge >= 0.3 is 0 Å². The summed E-state index contributed by atoms with van der Waals surface area (Å²) in [5, 5.41) is 0. The van der Waals surface area contributed by atoms with Gasteiger partial charge in [0, 0.05) is 0 Å². The number of H-pyrrole nitrogens is 1. The highest BCUT2D eigenvalue weighted by Gasteiger charge is 2.10. The summed E-state index contributed by atoms with van der Waals surface area (Å²) in [6.45, 7) is 0. The zero-order valence-corrected chi connectivity index (χ0v) is 10.3. The molecule has 3 N–H and O–H groups in total. The Kier molecular flexibility index (Phi) is 2.97. The molecule has 16 heavy (non-hydrogen) atoms. The molecule has 2 rings (SSSR count). The lowest BCUT2D eigenvalue weighted by Gasteiger charge is -2.04. The van der Waals surface area contributed by atoms with Gasteiger partial charge in [-0.25, -0.2) is 9.37 Å². The lowest BCUT2D eigenvalue weighted by molar-refractivity contribution is 0.623. The highest BCUT2D eigenvalue weighted by Crippen LogP contribution is 2.25. The Morgan fingerprint density at radius 1 is 1.38 bits per heavy atom. The van der Waals surface area contributed by atoms with Crippen LogP contribution in [-0.2, 0) is 0 Å². The molecular formula is C9H6BrFN4S. The van der Waals surface area contributed by atoms with Gasteiger partial charge in [-0.15, -0.1) is 0 Å². The van der Waals surface area contributed by atoms with Crippen molar-refractivity contribution in [1.82, 2.24) is 15.0 Å². The number of halogens is 2. The summed E-state index contributed by atoms with van der Waals surface area (Å²) in [7, 11) is 0. The van der Waals surface area contributed by atoms with Crippen molar-refractivity contribution < 1.29 is 4.39 Å². The fraction of sp³-hybridized carbons (Fsp3) is 0. The summed E-state index contributed by atoms with van der Waals surface area (Å²) in [6, 6.07) is 4.86. The van der Waals surface area contributed by atoms with Crippen molar-refractivity contribution in [2.24, 2.45) is 0 Å². The van der Waals surface area contributed by atoms with E-state index in [-0.39, 0.29) is 22.1 Å². The number of hydrogen-bond donors (Lipinski definition) is 2.